The van der Waals surface area contributed by atoms with Gasteiger partial charge in [-0.05, 0) is 25.3 Å². The van der Waals surface area contributed by atoms with Gasteiger partial charge in [-0.15, -0.1) is 0 Å². The van der Waals surface area contributed by atoms with E-state index in [0.29, 0.717) is 24.6 Å². The second-order valence-corrected chi connectivity index (χ2v) is 7.73. The van der Waals surface area contributed by atoms with Crippen molar-refractivity contribution < 1.29 is 9.32 Å². The molecule has 1 fully saturated rings. The van der Waals surface area contributed by atoms with Crippen molar-refractivity contribution in [1.82, 2.24) is 24.8 Å². The normalized spacial score (nSPS) is 18.0. The van der Waals surface area contributed by atoms with E-state index < -0.39 is 0 Å². The Bertz CT molecular complexity index is 687. The Kier molecular flexibility index (Phi) is 5.20. The number of aryl methyl sites for hydroxylation is 1. The molecule has 0 radical (unpaired) electrons. The van der Waals surface area contributed by atoms with Crippen LogP contribution >= 0.6 is 0 Å². The monoisotopic (exact) mass is 345 g/mol. The molecule has 0 aromatic carbocycles. The van der Waals surface area contributed by atoms with E-state index in [-0.39, 0.29) is 17.4 Å². The largest absolute Gasteiger partial charge is 0.339 e. The highest BCUT2D eigenvalue weighted by Gasteiger charge is 2.28. The van der Waals surface area contributed by atoms with Crippen molar-refractivity contribution >= 4 is 5.91 Å². The first-order valence-electron chi connectivity index (χ1n) is 9.03. The van der Waals surface area contributed by atoms with Gasteiger partial charge in [-0.1, -0.05) is 25.9 Å². The molecule has 1 atom stereocenters. The highest BCUT2D eigenvalue weighted by molar-refractivity contribution is 5.76. The summed E-state index contributed by atoms with van der Waals surface area (Å²) in [6, 6.07) is 2.17. The van der Waals surface area contributed by atoms with Gasteiger partial charge in [-0.25, -0.2) is 0 Å². The Balaban J connectivity index is 1.48. The van der Waals surface area contributed by atoms with Crippen molar-refractivity contribution in [3.63, 3.8) is 0 Å². The van der Waals surface area contributed by atoms with E-state index in [1.165, 1.54) is 0 Å². The van der Waals surface area contributed by atoms with Gasteiger partial charge in [0.2, 0.25) is 11.8 Å². The molecule has 1 aliphatic rings. The van der Waals surface area contributed by atoms with Crippen LogP contribution in [0.4, 0.5) is 0 Å². The van der Waals surface area contributed by atoms with Gasteiger partial charge in [0, 0.05) is 37.2 Å². The summed E-state index contributed by atoms with van der Waals surface area (Å²) < 4.78 is 7.20. The van der Waals surface area contributed by atoms with Crippen molar-refractivity contribution in [3.8, 4) is 0 Å². The summed E-state index contributed by atoms with van der Waals surface area (Å²) in [6.45, 7) is 7.78. The van der Waals surface area contributed by atoms with Gasteiger partial charge in [0.25, 0.3) is 0 Å². The molecule has 7 nitrogen and oxygen atoms in total. The molecule has 1 aliphatic heterocycles. The van der Waals surface area contributed by atoms with E-state index >= 15 is 0 Å². The summed E-state index contributed by atoms with van der Waals surface area (Å²) in [5, 5.41) is 8.27. The van der Waals surface area contributed by atoms with Crippen LogP contribution in [0.25, 0.3) is 0 Å². The first kappa shape index (κ1) is 17.6. The minimum Gasteiger partial charge on any atom is -0.339 e. The fourth-order valence-corrected chi connectivity index (χ4v) is 3.17. The highest BCUT2D eigenvalue weighted by atomic mass is 16.5. The molecular weight excluding hydrogens is 318 g/mol. The zero-order valence-electron chi connectivity index (χ0n) is 15.3. The minimum absolute atomic E-state index is 0.118. The van der Waals surface area contributed by atoms with Crippen LogP contribution in [0.2, 0.25) is 0 Å². The van der Waals surface area contributed by atoms with Crippen LogP contribution in [0, 0.1) is 0 Å². The molecule has 0 aliphatic carbocycles. The van der Waals surface area contributed by atoms with E-state index in [0.717, 1.165) is 32.4 Å². The average molecular weight is 345 g/mol. The molecule has 0 bridgehead atoms. The Morgan fingerprint density at radius 3 is 2.92 bits per heavy atom. The van der Waals surface area contributed by atoms with Gasteiger partial charge in [0.05, 0.1) is 12.6 Å². The van der Waals surface area contributed by atoms with Gasteiger partial charge in [-0.2, -0.15) is 10.1 Å². The third-order valence-corrected chi connectivity index (χ3v) is 4.57. The Hall–Kier alpha value is -2.18. The zero-order chi connectivity index (χ0) is 17.9. The smallest absolute Gasteiger partial charge is 0.226 e. The van der Waals surface area contributed by atoms with E-state index in [1.54, 1.807) is 6.20 Å². The Morgan fingerprint density at radius 1 is 1.40 bits per heavy atom. The van der Waals surface area contributed by atoms with Crippen molar-refractivity contribution in [2.45, 2.75) is 70.9 Å². The predicted octanol–water partition coefficient (Wildman–Crippen LogP) is 2.58. The third-order valence-electron chi connectivity index (χ3n) is 4.57. The first-order chi connectivity index (χ1) is 11.9. The summed E-state index contributed by atoms with van der Waals surface area (Å²) >= 11 is 0. The maximum atomic E-state index is 12.6. The molecule has 3 heterocycles. The Labute approximate surface area is 148 Å². The summed E-state index contributed by atoms with van der Waals surface area (Å²) in [4.78, 5) is 19.0. The van der Waals surface area contributed by atoms with Gasteiger partial charge in [-0.3, -0.25) is 9.48 Å². The van der Waals surface area contributed by atoms with Crippen LogP contribution < -0.4 is 0 Å². The number of carbonyl (C=O) groups excluding carboxylic acids is 1. The lowest BCUT2D eigenvalue weighted by Gasteiger charge is -2.24. The van der Waals surface area contributed by atoms with E-state index in [4.69, 9.17) is 4.52 Å². The molecule has 0 spiro atoms. The van der Waals surface area contributed by atoms with Gasteiger partial charge in [0.1, 0.15) is 0 Å². The van der Waals surface area contributed by atoms with Crippen LogP contribution in [0.3, 0.4) is 0 Å². The zero-order valence-corrected chi connectivity index (χ0v) is 15.3. The quantitative estimate of drug-likeness (QED) is 0.804. The van der Waals surface area contributed by atoms with Crippen LogP contribution in [0.5, 0.6) is 0 Å². The molecule has 1 saturated heterocycles. The number of aromatic nitrogens is 4. The molecule has 0 N–H and O–H groups in total. The number of nitrogens with zero attached hydrogens (tertiary/aromatic N) is 5. The fourth-order valence-electron chi connectivity index (χ4n) is 3.17. The van der Waals surface area contributed by atoms with Gasteiger partial charge < -0.3 is 9.42 Å². The molecule has 1 amide bonds. The molecule has 136 valence electrons. The molecule has 25 heavy (non-hydrogen) atoms. The maximum Gasteiger partial charge on any atom is 0.226 e. The van der Waals surface area contributed by atoms with Gasteiger partial charge in [0.15, 0.2) is 5.82 Å². The molecular formula is C18H27N5O2. The average Bonchev–Trinajstić information content (AvgIpc) is 3.27. The van der Waals surface area contributed by atoms with Crippen molar-refractivity contribution in [2.24, 2.45) is 0 Å². The second kappa shape index (κ2) is 7.37. The number of likely N-dealkylation sites (tertiary alicyclic amines) is 1. The number of amides is 1. The van der Waals surface area contributed by atoms with Crippen molar-refractivity contribution in [2.75, 3.05) is 6.54 Å². The maximum absolute atomic E-state index is 12.6. The van der Waals surface area contributed by atoms with Crippen LogP contribution in [-0.2, 0) is 23.2 Å². The lowest BCUT2D eigenvalue weighted by molar-refractivity contribution is -0.132. The second-order valence-electron chi connectivity index (χ2n) is 7.73. The van der Waals surface area contributed by atoms with Crippen LogP contribution in [-0.4, -0.2) is 43.3 Å². The summed E-state index contributed by atoms with van der Waals surface area (Å²) in [5.74, 6) is 1.55. The molecule has 2 aromatic rings. The molecule has 7 heteroatoms. The lowest BCUT2D eigenvalue weighted by atomic mass is 9.96. The third kappa shape index (κ3) is 4.46. The number of hydrogen-bond acceptors (Lipinski definition) is 5. The molecule has 0 unspecified atom stereocenters. The van der Waals surface area contributed by atoms with Crippen molar-refractivity contribution in [3.05, 3.63) is 30.2 Å². The van der Waals surface area contributed by atoms with E-state index in [9.17, 15) is 4.79 Å². The lowest BCUT2D eigenvalue weighted by Crippen LogP contribution is -2.38. The molecule has 0 saturated carbocycles. The van der Waals surface area contributed by atoms with Crippen molar-refractivity contribution in [1.29, 1.82) is 0 Å². The summed E-state index contributed by atoms with van der Waals surface area (Å²) in [5.41, 5.74) is -0.118. The fraction of sp³-hybridized carbons (Fsp3) is 0.667. The Morgan fingerprint density at radius 2 is 2.24 bits per heavy atom. The topological polar surface area (TPSA) is 77.0 Å². The SMILES string of the molecule is CC(C)(C)c1noc(CCCC(=O)N2CCC[C@H]2Cn2cccn2)n1. The standard InChI is InChI=1S/C18H27N5O2/c1-18(2,3)17-20-15(25-21-17)8-4-9-16(24)23-12-5-7-14(23)13-22-11-6-10-19-22/h6,10-11,14H,4-5,7-9,12-13H2,1-3H3/t14-/m0/s1. The van der Waals surface area contributed by atoms with Crippen LogP contribution in [0.15, 0.2) is 23.0 Å². The highest BCUT2D eigenvalue weighted by Crippen LogP contribution is 2.21. The summed E-state index contributed by atoms with van der Waals surface area (Å²) in [7, 11) is 0. The number of carbonyl (C=O) groups is 1. The summed E-state index contributed by atoms with van der Waals surface area (Å²) in [6.07, 6.45) is 7.73. The van der Waals surface area contributed by atoms with E-state index in [1.807, 2.05) is 21.8 Å². The number of hydrogen-bond donors (Lipinski definition) is 0. The van der Waals surface area contributed by atoms with E-state index in [2.05, 4.69) is 36.0 Å². The minimum atomic E-state index is -0.118. The predicted molar refractivity (Wildman–Crippen MR) is 92.9 cm³/mol. The number of rotatable bonds is 6. The first-order valence-corrected chi connectivity index (χ1v) is 9.03. The van der Waals surface area contributed by atoms with Crippen LogP contribution in [0.1, 0.15) is 58.2 Å². The molecule has 2 aromatic heterocycles. The molecule has 3 rings (SSSR count). The van der Waals surface area contributed by atoms with Gasteiger partial charge >= 0.3 is 0 Å².